The van der Waals surface area contributed by atoms with Crippen molar-refractivity contribution in [2.45, 2.75) is 26.8 Å². The number of aromatic nitrogens is 3. The number of carbonyl (C=O) groups is 1. The number of nitrogen functional groups attached to an aromatic ring is 1. The first kappa shape index (κ1) is 14.9. The Kier molecular flexibility index (Phi) is 3.44. The van der Waals surface area contributed by atoms with Gasteiger partial charge in [0.25, 0.3) is 0 Å². The number of imidazole rings is 1. The first-order chi connectivity index (χ1) is 10.9. The summed E-state index contributed by atoms with van der Waals surface area (Å²) in [6, 6.07) is 4.64. The predicted molar refractivity (Wildman–Crippen MR) is 84.7 cm³/mol. The average molecular weight is 316 g/mol. The highest BCUT2D eigenvalue weighted by Gasteiger charge is 2.17. The number of hydrogen-bond donors (Lipinski definition) is 2. The highest BCUT2D eigenvalue weighted by atomic mass is 16.4. The van der Waals surface area contributed by atoms with Gasteiger partial charge < -0.3 is 15.1 Å². The van der Waals surface area contributed by atoms with Gasteiger partial charge in [0.05, 0.1) is 5.52 Å². The maximum absolute atomic E-state index is 12.4. The highest BCUT2D eigenvalue weighted by molar-refractivity contribution is 5.90. The molecule has 8 heteroatoms. The molecule has 0 saturated carbocycles. The topological polar surface area (TPSA) is 116 Å². The lowest BCUT2D eigenvalue weighted by Gasteiger charge is -2.04. The minimum absolute atomic E-state index is 0.00302. The van der Waals surface area contributed by atoms with Gasteiger partial charge in [0.15, 0.2) is 5.58 Å². The third kappa shape index (κ3) is 2.48. The fourth-order valence-electron chi connectivity index (χ4n) is 2.53. The first-order valence-corrected chi connectivity index (χ1v) is 7.09. The molecule has 0 aliphatic heterocycles. The van der Waals surface area contributed by atoms with Crippen molar-refractivity contribution in [3.8, 4) is 0 Å². The largest absolute Gasteiger partial charge is 0.426 e. The smallest absolute Gasteiger partial charge is 0.407 e. The van der Waals surface area contributed by atoms with Gasteiger partial charge in [0.2, 0.25) is 5.91 Å². The first-order valence-electron chi connectivity index (χ1n) is 7.09. The molecule has 3 rings (SSSR count). The zero-order valence-electron chi connectivity index (χ0n) is 12.8. The summed E-state index contributed by atoms with van der Waals surface area (Å²) < 4.78 is 7.47. The molecule has 8 nitrogen and oxygen atoms in total. The van der Waals surface area contributed by atoms with E-state index in [-0.39, 0.29) is 24.2 Å². The molecule has 0 atom stereocenters. The minimum Gasteiger partial charge on any atom is -0.407 e. The Hall–Kier alpha value is -3.03. The van der Waals surface area contributed by atoms with E-state index >= 15 is 0 Å². The molecule has 0 aliphatic rings. The molecule has 3 N–H and O–H groups in total. The Morgan fingerprint density at radius 1 is 1.30 bits per heavy atom. The molecule has 0 radical (unpaired) electrons. The normalized spacial score (nSPS) is 11.2. The Morgan fingerprint density at radius 2 is 2.04 bits per heavy atom. The van der Waals surface area contributed by atoms with E-state index in [4.69, 9.17) is 10.2 Å². The van der Waals surface area contributed by atoms with Crippen LogP contribution in [-0.2, 0) is 6.54 Å². The van der Waals surface area contributed by atoms with Crippen LogP contribution in [0.25, 0.3) is 11.1 Å². The van der Waals surface area contributed by atoms with Crippen LogP contribution in [0.15, 0.2) is 32.2 Å². The minimum atomic E-state index is -0.759. The second-order valence-corrected chi connectivity index (χ2v) is 5.37. The summed E-state index contributed by atoms with van der Waals surface area (Å²) in [6.45, 7) is 3.76. The number of oxazole rings is 1. The molecule has 0 saturated heterocycles. The van der Waals surface area contributed by atoms with Crippen molar-refractivity contribution in [2.75, 3.05) is 5.73 Å². The van der Waals surface area contributed by atoms with E-state index in [0.717, 1.165) is 16.0 Å². The molecule has 0 aliphatic carbocycles. The second-order valence-electron chi connectivity index (χ2n) is 5.37. The molecule has 0 bridgehead atoms. The van der Waals surface area contributed by atoms with Crippen molar-refractivity contribution >= 4 is 22.7 Å². The molecule has 0 unspecified atom stereocenters. The molecular weight excluding hydrogens is 300 g/mol. The fourth-order valence-corrected chi connectivity index (χ4v) is 2.53. The van der Waals surface area contributed by atoms with Crippen molar-refractivity contribution in [3.05, 3.63) is 50.6 Å². The maximum atomic E-state index is 12.4. The van der Waals surface area contributed by atoms with Gasteiger partial charge in [-0.1, -0.05) is 0 Å². The van der Waals surface area contributed by atoms with Crippen molar-refractivity contribution in [1.29, 1.82) is 0 Å². The van der Waals surface area contributed by atoms with Crippen LogP contribution in [0.1, 0.15) is 22.6 Å². The molecule has 0 spiro atoms. The number of aryl methyl sites for hydroxylation is 1. The van der Waals surface area contributed by atoms with Crippen LogP contribution in [-0.4, -0.2) is 20.0 Å². The molecule has 1 aromatic carbocycles. The number of hydrogen-bond acceptors (Lipinski definition) is 5. The van der Waals surface area contributed by atoms with Crippen LogP contribution in [0.5, 0.6) is 0 Å². The Labute approximate surface area is 130 Å². The molecule has 3 aromatic rings. The van der Waals surface area contributed by atoms with Crippen LogP contribution < -0.4 is 17.2 Å². The van der Waals surface area contributed by atoms with Gasteiger partial charge in [-0.3, -0.25) is 9.36 Å². The number of nitrogens with zero attached hydrogens (tertiary/aromatic N) is 2. The summed E-state index contributed by atoms with van der Waals surface area (Å²) in [5.74, 6) is -1.20. The number of carbonyl (C=O) groups excluding carboxylic acids is 1. The summed E-state index contributed by atoms with van der Waals surface area (Å²) in [4.78, 5) is 38.7. The van der Waals surface area contributed by atoms with Gasteiger partial charge in [-0.15, -0.1) is 0 Å². The zero-order valence-corrected chi connectivity index (χ0v) is 12.8. The van der Waals surface area contributed by atoms with Gasteiger partial charge in [-0.05, 0) is 26.0 Å². The van der Waals surface area contributed by atoms with E-state index in [2.05, 4.69) is 4.98 Å². The van der Waals surface area contributed by atoms with E-state index in [1.165, 1.54) is 10.6 Å². The number of nitrogens with one attached hydrogen (secondary N) is 1. The van der Waals surface area contributed by atoms with E-state index < -0.39 is 11.7 Å². The lowest BCUT2D eigenvalue weighted by molar-refractivity contribution is 0.0892. The lowest BCUT2D eigenvalue weighted by atomic mass is 10.3. The standard InChI is InChI=1S/C15H16N4O4/c1-8-9(2)18(14(21)17-8)6-5-13(20)19-11-4-3-10(16)7-12(11)23-15(19)22/h3-4,7H,5-6,16H2,1-2H3,(H,17,21). The quantitative estimate of drug-likeness (QED) is 0.700. The third-order valence-corrected chi connectivity index (χ3v) is 3.89. The molecular formula is C15H16N4O4. The van der Waals surface area contributed by atoms with Crippen LogP contribution in [0.3, 0.4) is 0 Å². The van der Waals surface area contributed by atoms with Gasteiger partial charge in [-0.25, -0.2) is 14.2 Å². The molecule has 2 aromatic heterocycles. The highest BCUT2D eigenvalue weighted by Crippen LogP contribution is 2.16. The molecule has 0 fully saturated rings. The number of rotatable bonds is 3. The van der Waals surface area contributed by atoms with Crippen LogP contribution >= 0.6 is 0 Å². The number of H-pyrrole nitrogens is 1. The van der Waals surface area contributed by atoms with Crippen molar-refractivity contribution in [2.24, 2.45) is 0 Å². The molecule has 120 valence electrons. The predicted octanol–water partition coefficient (Wildman–Crippen LogP) is 1.01. The third-order valence-electron chi connectivity index (χ3n) is 3.89. The lowest BCUT2D eigenvalue weighted by Crippen LogP contribution is -2.26. The maximum Gasteiger partial charge on any atom is 0.426 e. The summed E-state index contributed by atoms with van der Waals surface area (Å²) in [7, 11) is 0. The van der Waals surface area contributed by atoms with Gasteiger partial charge in [0.1, 0.15) is 0 Å². The number of nitrogens with two attached hydrogens (primary N) is 1. The summed E-state index contributed by atoms with van der Waals surface area (Å²) in [5.41, 5.74) is 7.94. The summed E-state index contributed by atoms with van der Waals surface area (Å²) in [6.07, 6.45) is -0.00302. The van der Waals surface area contributed by atoms with E-state index in [1.54, 1.807) is 26.0 Å². The zero-order chi connectivity index (χ0) is 16.7. The number of benzene rings is 1. The SMILES string of the molecule is Cc1[nH]c(=O)n(CCC(=O)n2c(=O)oc3cc(N)ccc32)c1C. The van der Waals surface area contributed by atoms with Gasteiger partial charge in [-0.2, -0.15) is 0 Å². The van der Waals surface area contributed by atoms with Crippen LogP contribution in [0, 0.1) is 13.8 Å². The van der Waals surface area contributed by atoms with E-state index in [9.17, 15) is 14.4 Å². The van der Waals surface area contributed by atoms with E-state index in [1.807, 2.05) is 0 Å². The van der Waals surface area contributed by atoms with Crippen molar-refractivity contribution < 1.29 is 9.21 Å². The van der Waals surface area contributed by atoms with Gasteiger partial charge in [0, 0.05) is 36.1 Å². The Bertz CT molecular complexity index is 1020. The Balaban J connectivity index is 1.91. The second kappa shape index (κ2) is 5.31. The molecule has 0 amide bonds. The summed E-state index contributed by atoms with van der Waals surface area (Å²) >= 11 is 0. The number of aromatic amines is 1. The van der Waals surface area contributed by atoms with Gasteiger partial charge >= 0.3 is 11.4 Å². The van der Waals surface area contributed by atoms with Crippen molar-refractivity contribution in [1.82, 2.24) is 14.1 Å². The van der Waals surface area contributed by atoms with Crippen molar-refractivity contribution in [3.63, 3.8) is 0 Å². The van der Waals surface area contributed by atoms with E-state index in [0.29, 0.717) is 11.2 Å². The fraction of sp³-hybridized carbons (Fsp3) is 0.267. The average Bonchev–Trinajstić information content (AvgIpc) is 2.93. The van der Waals surface area contributed by atoms with Crippen LogP contribution in [0.2, 0.25) is 0 Å². The number of fused-ring (bicyclic) bond motifs is 1. The Morgan fingerprint density at radius 3 is 2.70 bits per heavy atom. The number of anilines is 1. The molecule has 23 heavy (non-hydrogen) atoms. The molecule has 2 heterocycles. The summed E-state index contributed by atoms with van der Waals surface area (Å²) in [5, 5.41) is 0. The monoisotopic (exact) mass is 316 g/mol. The van der Waals surface area contributed by atoms with Crippen LogP contribution in [0.4, 0.5) is 5.69 Å².